The van der Waals surface area contributed by atoms with E-state index in [1.807, 2.05) is 48.5 Å². The molecule has 2 aliphatic rings. The van der Waals surface area contributed by atoms with Crippen LogP contribution in [0.15, 0.2) is 60.7 Å². The van der Waals surface area contributed by atoms with Crippen LogP contribution in [0.2, 0.25) is 0 Å². The Balaban J connectivity index is 1.25. The maximum absolute atomic E-state index is 13.2. The van der Waals surface area contributed by atoms with E-state index in [9.17, 15) is 19.5 Å². The second kappa shape index (κ2) is 9.17. The van der Waals surface area contributed by atoms with Gasteiger partial charge in [-0.3, -0.25) is 14.4 Å². The molecule has 2 heterocycles. The minimum Gasteiger partial charge on any atom is -0.506 e. The summed E-state index contributed by atoms with van der Waals surface area (Å²) < 4.78 is 0. The number of fused-ring (bicyclic) bond motifs is 1. The van der Waals surface area contributed by atoms with Crippen LogP contribution in [0.4, 0.5) is 5.69 Å². The van der Waals surface area contributed by atoms with Gasteiger partial charge in [-0.25, -0.2) is 0 Å². The van der Waals surface area contributed by atoms with E-state index in [0.717, 1.165) is 36.0 Å². The van der Waals surface area contributed by atoms with Crippen molar-refractivity contribution in [2.45, 2.75) is 38.3 Å². The van der Waals surface area contributed by atoms with E-state index in [-0.39, 0.29) is 29.0 Å². The van der Waals surface area contributed by atoms with Gasteiger partial charge in [0.2, 0.25) is 11.8 Å². The van der Waals surface area contributed by atoms with Crippen LogP contribution in [0, 0.1) is 0 Å². The van der Waals surface area contributed by atoms with Crippen LogP contribution >= 0.6 is 0 Å². The Morgan fingerprint density at radius 3 is 2.53 bits per heavy atom. The third-order valence-corrected chi connectivity index (χ3v) is 6.74. The van der Waals surface area contributed by atoms with Gasteiger partial charge in [-0.15, -0.1) is 0 Å². The van der Waals surface area contributed by atoms with Crippen LogP contribution in [0.1, 0.15) is 41.6 Å². The number of rotatable bonds is 5. The van der Waals surface area contributed by atoms with Crippen LogP contribution in [0.5, 0.6) is 5.75 Å². The molecule has 0 saturated carbocycles. The lowest BCUT2D eigenvalue weighted by molar-refractivity contribution is -0.125. The third kappa shape index (κ3) is 4.09. The predicted octanol–water partition coefficient (Wildman–Crippen LogP) is 3.59. The molecular formula is C27H27N3O4. The van der Waals surface area contributed by atoms with Crippen molar-refractivity contribution in [1.82, 2.24) is 10.2 Å². The number of anilines is 1. The third-order valence-electron chi connectivity index (χ3n) is 6.74. The molecule has 174 valence electrons. The first kappa shape index (κ1) is 21.9. The lowest BCUT2D eigenvalue weighted by atomic mass is 10.0. The molecule has 2 N–H and O–H groups in total. The van der Waals surface area contributed by atoms with Gasteiger partial charge in [-0.1, -0.05) is 42.5 Å². The zero-order chi connectivity index (χ0) is 23.7. The zero-order valence-electron chi connectivity index (χ0n) is 18.9. The van der Waals surface area contributed by atoms with E-state index in [1.165, 1.54) is 0 Å². The summed E-state index contributed by atoms with van der Waals surface area (Å²) in [7, 11) is 0. The average molecular weight is 458 g/mol. The van der Waals surface area contributed by atoms with Gasteiger partial charge in [0.15, 0.2) is 0 Å². The number of carbonyl (C=O) groups is 3. The Hall–Kier alpha value is -3.87. The van der Waals surface area contributed by atoms with Crippen molar-refractivity contribution in [1.29, 1.82) is 0 Å². The molecule has 0 radical (unpaired) electrons. The summed E-state index contributed by atoms with van der Waals surface area (Å²) in [5.74, 6) is -0.444. The van der Waals surface area contributed by atoms with Gasteiger partial charge in [0, 0.05) is 37.1 Å². The maximum atomic E-state index is 13.2. The Morgan fingerprint density at radius 1 is 0.971 bits per heavy atom. The molecule has 3 amide bonds. The minimum atomic E-state index is -0.570. The summed E-state index contributed by atoms with van der Waals surface area (Å²) in [4.78, 5) is 41.5. The first-order chi connectivity index (χ1) is 16.5. The van der Waals surface area contributed by atoms with Crippen molar-refractivity contribution in [2.24, 2.45) is 0 Å². The smallest absolute Gasteiger partial charge is 0.258 e. The van der Waals surface area contributed by atoms with Crippen molar-refractivity contribution in [3.63, 3.8) is 0 Å². The number of benzene rings is 3. The zero-order valence-corrected chi connectivity index (χ0v) is 18.9. The quantitative estimate of drug-likeness (QED) is 0.613. The fourth-order valence-electron chi connectivity index (χ4n) is 4.89. The maximum Gasteiger partial charge on any atom is 0.258 e. The molecule has 5 rings (SSSR count). The number of phenols is 1. The number of carbonyl (C=O) groups excluding carboxylic acids is 3. The van der Waals surface area contributed by atoms with Crippen LogP contribution in [0.3, 0.4) is 0 Å². The molecule has 1 atom stereocenters. The Labute approximate surface area is 198 Å². The number of nitrogens with zero attached hydrogens (tertiary/aromatic N) is 2. The monoisotopic (exact) mass is 457 g/mol. The highest BCUT2D eigenvalue weighted by Gasteiger charge is 2.35. The molecule has 3 aromatic rings. The summed E-state index contributed by atoms with van der Waals surface area (Å²) in [6.07, 6.45) is 2.79. The molecule has 7 heteroatoms. The van der Waals surface area contributed by atoms with E-state index >= 15 is 0 Å². The van der Waals surface area contributed by atoms with Gasteiger partial charge >= 0.3 is 0 Å². The molecule has 0 aromatic heterocycles. The second-order valence-corrected chi connectivity index (χ2v) is 8.87. The highest BCUT2D eigenvalue weighted by Crippen LogP contribution is 2.31. The predicted molar refractivity (Wildman–Crippen MR) is 130 cm³/mol. The normalized spacial score (nSPS) is 18.0. The fourth-order valence-corrected chi connectivity index (χ4v) is 4.89. The van der Waals surface area contributed by atoms with E-state index in [4.69, 9.17) is 0 Å². The second-order valence-electron chi connectivity index (χ2n) is 8.87. The summed E-state index contributed by atoms with van der Waals surface area (Å²) in [6, 6.07) is 17.8. The van der Waals surface area contributed by atoms with E-state index < -0.39 is 6.04 Å². The molecule has 34 heavy (non-hydrogen) atoms. The lowest BCUT2D eigenvalue weighted by Crippen LogP contribution is -2.45. The number of hydrogen-bond acceptors (Lipinski definition) is 4. The molecule has 0 aliphatic carbocycles. The van der Waals surface area contributed by atoms with Crippen LogP contribution in [-0.4, -0.2) is 46.9 Å². The van der Waals surface area contributed by atoms with Gasteiger partial charge in [0.05, 0.1) is 5.56 Å². The van der Waals surface area contributed by atoms with Crippen molar-refractivity contribution < 1.29 is 19.5 Å². The van der Waals surface area contributed by atoms with E-state index in [0.29, 0.717) is 31.3 Å². The number of phenolic OH excluding ortho intramolecular Hbond substituents is 1. The largest absolute Gasteiger partial charge is 0.506 e. The molecule has 0 bridgehead atoms. The van der Waals surface area contributed by atoms with Gasteiger partial charge in [-0.05, 0) is 48.4 Å². The number of likely N-dealkylation sites (tertiary alicyclic amines) is 1. The molecular weight excluding hydrogens is 430 g/mol. The van der Waals surface area contributed by atoms with Crippen molar-refractivity contribution in [3.8, 4) is 5.75 Å². The first-order valence-corrected chi connectivity index (χ1v) is 11.7. The highest BCUT2D eigenvalue weighted by atomic mass is 16.3. The summed E-state index contributed by atoms with van der Waals surface area (Å²) in [5.41, 5.74) is 2.01. The van der Waals surface area contributed by atoms with Gasteiger partial charge < -0.3 is 20.2 Å². The van der Waals surface area contributed by atoms with Gasteiger partial charge in [0.25, 0.3) is 5.91 Å². The molecule has 2 aliphatic heterocycles. The van der Waals surface area contributed by atoms with E-state index in [1.54, 1.807) is 21.9 Å². The first-order valence-electron chi connectivity index (χ1n) is 11.7. The van der Waals surface area contributed by atoms with Crippen molar-refractivity contribution in [3.05, 3.63) is 71.8 Å². The molecule has 2 fully saturated rings. The number of nitrogens with one attached hydrogen (secondary N) is 1. The Kier molecular flexibility index (Phi) is 5.92. The number of aromatic hydroxyl groups is 1. The summed E-state index contributed by atoms with van der Waals surface area (Å²) in [6.45, 7) is 1.56. The molecule has 0 spiro atoms. The average Bonchev–Trinajstić information content (AvgIpc) is 3.52. The Morgan fingerprint density at radius 2 is 1.76 bits per heavy atom. The number of amides is 3. The van der Waals surface area contributed by atoms with Crippen molar-refractivity contribution in [2.75, 3.05) is 18.0 Å². The SMILES string of the molecule is O=C(NCc1ccc(N2CCCC2=O)cc1)C1CCCN1C(=O)c1ccc2ccccc2c1O. The summed E-state index contributed by atoms with van der Waals surface area (Å²) in [5, 5.41) is 15.1. The highest BCUT2D eigenvalue weighted by molar-refractivity contribution is 6.05. The van der Waals surface area contributed by atoms with Crippen molar-refractivity contribution >= 4 is 34.2 Å². The van der Waals surface area contributed by atoms with Gasteiger partial charge in [-0.2, -0.15) is 0 Å². The molecule has 2 saturated heterocycles. The van der Waals surface area contributed by atoms with Gasteiger partial charge in [0.1, 0.15) is 11.8 Å². The number of hydrogen-bond donors (Lipinski definition) is 2. The van der Waals surface area contributed by atoms with Crippen LogP contribution < -0.4 is 10.2 Å². The van der Waals surface area contributed by atoms with E-state index in [2.05, 4.69) is 5.32 Å². The fraction of sp³-hybridized carbons (Fsp3) is 0.296. The van der Waals surface area contributed by atoms with Crippen LogP contribution in [-0.2, 0) is 16.1 Å². The topological polar surface area (TPSA) is 90.0 Å². The molecule has 3 aromatic carbocycles. The molecule has 1 unspecified atom stereocenters. The van der Waals surface area contributed by atoms with Crippen LogP contribution in [0.25, 0.3) is 10.8 Å². The summed E-state index contributed by atoms with van der Waals surface area (Å²) >= 11 is 0. The minimum absolute atomic E-state index is 0.0502. The Bertz CT molecular complexity index is 1250. The molecule has 7 nitrogen and oxygen atoms in total. The lowest BCUT2D eigenvalue weighted by Gasteiger charge is -2.24. The standard InChI is InChI=1S/C27H27N3O4/c31-24-8-4-15-29(24)20-12-9-18(10-13-20)17-28-26(33)23-7-3-16-30(23)27(34)22-14-11-19-5-1-2-6-21(19)25(22)32/h1-2,5-6,9-14,23,32H,3-4,7-8,15-17H2,(H,28,33).